The molecule has 184 valence electrons. The number of hydrogen-bond acceptors (Lipinski definition) is 3. The zero-order valence-electron chi connectivity index (χ0n) is 21.3. The maximum absolute atomic E-state index is 12.9. The fourth-order valence-electron chi connectivity index (χ4n) is 6.37. The molecule has 0 bridgehead atoms. The molecule has 3 aliphatic rings. The van der Waals surface area contributed by atoms with Crippen LogP contribution in [-0.4, -0.2) is 17.5 Å². The predicted molar refractivity (Wildman–Crippen MR) is 140 cm³/mol. The lowest BCUT2D eigenvalue weighted by Crippen LogP contribution is -2.28. The molecule has 4 nitrogen and oxygen atoms in total. The molecule has 4 heteroatoms. The van der Waals surface area contributed by atoms with Crippen LogP contribution >= 0.6 is 0 Å². The van der Waals surface area contributed by atoms with Gasteiger partial charge in [0.05, 0.1) is 0 Å². The average Bonchev–Trinajstić information content (AvgIpc) is 2.87. The minimum Gasteiger partial charge on any atom is -0.326 e. The highest BCUT2D eigenvalue weighted by molar-refractivity contribution is 6.53. The summed E-state index contributed by atoms with van der Waals surface area (Å²) in [5.74, 6) is 1.24. The Morgan fingerprint density at radius 3 is 2.03 bits per heavy atom. The number of carbonyl (C=O) groups excluding carboxylic acids is 3. The van der Waals surface area contributed by atoms with Crippen molar-refractivity contribution in [1.82, 2.24) is 0 Å². The van der Waals surface area contributed by atoms with Gasteiger partial charge in [-0.15, -0.1) is 0 Å². The van der Waals surface area contributed by atoms with Crippen molar-refractivity contribution in [2.24, 2.45) is 17.3 Å². The summed E-state index contributed by atoms with van der Waals surface area (Å²) in [5, 5.41) is 2.88. The Kier molecular flexibility index (Phi) is 6.41. The van der Waals surface area contributed by atoms with Gasteiger partial charge in [-0.3, -0.25) is 14.4 Å². The van der Waals surface area contributed by atoms with Gasteiger partial charge in [-0.1, -0.05) is 71.1 Å². The Bertz CT molecular complexity index is 1160. The van der Waals surface area contributed by atoms with E-state index in [1.807, 2.05) is 39.0 Å². The molecule has 0 radical (unpaired) electrons. The molecule has 5 rings (SSSR count). The second-order valence-corrected chi connectivity index (χ2v) is 11.9. The molecule has 2 fully saturated rings. The van der Waals surface area contributed by atoms with Crippen molar-refractivity contribution in [3.8, 4) is 11.1 Å². The quantitative estimate of drug-likeness (QED) is 0.470. The third-order valence-electron chi connectivity index (χ3n) is 8.55. The van der Waals surface area contributed by atoms with E-state index >= 15 is 0 Å². The van der Waals surface area contributed by atoms with Gasteiger partial charge >= 0.3 is 0 Å². The predicted octanol–water partition coefficient (Wildman–Crippen LogP) is 7.57. The SMILES string of the molecule is CC(C)(C)C(=O)Nc1ccc2c(c1)C(=O)C(=O)c1ccc(C3CCC(C4CCCCC4)CC3)cc1-2. The van der Waals surface area contributed by atoms with E-state index in [1.165, 1.54) is 63.4 Å². The van der Waals surface area contributed by atoms with Crippen LogP contribution in [0, 0.1) is 17.3 Å². The highest BCUT2D eigenvalue weighted by atomic mass is 16.2. The van der Waals surface area contributed by atoms with Gasteiger partial charge in [-0.05, 0) is 78.3 Å². The van der Waals surface area contributed by atoms with E-state index in [9.17, 15) is 14.4 Å². The minimum absolute atomic E-state index is 0.126. The summed E-state index contributed by atoms with van der Waals surface area (Å²) in [6.07, 6.45) is 12.1. The van der Waals surface area contributed by atoms with Crippen LogP contribution in [0.4, 0.5) is 5.69 Å². The molecular weight excluding hydrogens is 434 g/mol. The summed E-state index contributed by atoms with van der Waals surface area (Å²) < 4.78 is 0. The molecule has 3 aliphatic carbocycles. The molecule has 35 heavy (non-hydrogen) atoms. The third-order valence-corrected chi connectivity index (χ3v) is 8.55. The molecule has 2 aromatic carbocycles. The van der Waals surface area contributed by atoms with Crippen molar-refractivity contribution >= 4 is 23.2 Å². The number of fused-ring (bicyclic) bond motifs is 3. The molecule has 1 amide bonds. The van der Waals surface area contributed by atoms with Crippen molar-refractivity contribution in [3.63, 3.8) is 0 Å². The Morgan fingerprint density at radius 2 is 1.34 bits per heavy atom. The van der Waals surface area contributed by atoms with Crippen molar-refractivity contribution in [2.45, 2.75) is 84.5 Å². The van der Waals surface area contributed by atoms with Gasteiger partial charge in [0.1, 0.15) is 0 Å². The second-order valence-electron chi connectivity index (χ2n) is 11.9. The normalized spacial score (nSPS) is 22.9. The number of amides is 1. The van der Waals surface area contributed by atoms with Crippen LogP contribution in [0.5, 0.6) is 0 Å². The maximum atomic E-state index is 12.9. The molecule has 0 atom stereocenters. The van der Waals surface area contributed by atoms with Crippen LogP contribution in [0.1, 0.15) is 111 Å². The van der Waals surface area contributed by atoms with Crippen LogP contribution in [0.25, 0.3) is 11.1 Å². The van der Waals surface area contributed by atoms with Crippen LogP contribution in [0.15, 0.2) is 36.4 Å². The van der Waals surface area contributed by atoms with E-state index < -0.39 is 17.0 Å². The van der Waals surface area contributed by atoms with E-state index in [0.29, 0.717) is 22.7 Å². The van der Waals surface area contributed by atoms with E-state index in [4.69, 9.17) is 0 Å². The molecule has 0 spiro atoms. The van der Waals surface area contributed by atoms with Gasteiger partial charge in [0.25, 0.3) is 0 Å². The molecule has 0 saturated heterocycles. The third kappa shape index (κ3) is 4.72. The average molecular weight is 472 g/mol. The van der Waals surface area contributed by atoms with E-state index in [0.717, 1.165) is 23.0 Å². The summed E-state index contributed by atoms with van der Waals surface area (Å²) in [6, 6.07) is 11.4. The van der Waals surface area contributed by atoms with Crippen molar-refractivity contribution < 1.29 is 14.4 Å². The van der Waals surface area contributed by atoms with E-state index in [-0.39, 0.29) is 5.91 Å². The number of hydrogen-bond donors (Lipinski definition) is 1. The zero-order chi connectivity index (χ0) is 24.7. The topological polar surface area (TPSA) is 63.2 Å². The maximum Gasteiger partial charge on any atom is 0.234 e. The molecule has 2 aromatic rings. The number of ketones is 2. The van der Waals surface area contributed by atoms with Crippen molar-refractivity contribution in [2.75, 3.05) is 5.32 Å². The number of anilines is 1. The van der Waals surface area contributed by atoms with E-state index in [1.54, 1.807) is 6.07 Å². The molecular formula is C31H37NO3. The van der Waals surface area contributed by atoms with Crippen molar-refractivity contribution in [3.05, 3.63) is 53.1 Å². The summed E-state index contributed by atoms with van der Waals surface area (Å²) in [7, 11) is 0. The van der Waals surface area contributed by atoms with Gasteiger partial charge in [0.2, 0.25) is 17.5 Å². The van der Waals surface area contributed by atoms with Crippen LogP contribution in [-0.2, 0) is 4.79 Å². The monoisotopic (exact) mass is 471 g/mol. The molecule has 0 aliphatic heterocycles. The largest absolute Gasteiger partial charge is 0.326 e. The highest BCUT2D eigenvalue weighted by Gasteiger charge is 2.33. The van der Waals surface area contributed by atoms with E-state index in [2.05, 4.69) is 17.4 Å². The first-order valence-corrected chi connectivity index (χ1v) is 13.4. The van der Waals surface area contributed by atoms with Crippen molar-refractivity contribution in [1.29, 1.82) is 0 Å². The van der Waals surface area contributed by atoms with Gasteiger partial charge in [0.15, 0.2) is 0 Å². The minimum atomic E-state index is -0.548. The zero-order valence-corrected chi connectivity index (χ0v) is 21.3. The first-order chi connectivity index (χ1) is 16.7. The fraction of sp³-hybridized carbons (Fsp3) is 0.516. The first kappa shape index (κ1) is 24.0. The Morgan fingerprint density at radius 1 is 0.714 bits per heavy atom. The molecule has 0 heterocycles. The molecule has 0 unspecified atom stereocenters. The lowest BCUT2D eigenvalue weighted by Gasteiger charge is -2.36. The lowest BCUT2D eigenvalue weighted by atomic mass is 9.69. The highest BCUT2D eigenvalue weighted by Crippen LogP contribution is 2.44. The summed E-state index contributed by atoms with van der Waals surface area (Å²) in [5.41, 5.74) is 3.80. The molecule has 2 saturated carbocycles. The standard InChI is InChI=1S/C31H37NO3/c1-31(2,3)30(35)32-23-14-16-24-26-17-22(13-15-25(26)28(33)29(34)27(24)18-23)21-11-9-20(10-12-21)19-7-5-4-6-8-19/h13-21H,4-12H2,1-3H3,(H,32,35). The summed E-state index contributed by atoms with van der Waals surface area (Å²) >= 11 is 0. The van der Waals surface area contributed by atoms with Crippen LogP contribution in [0.3, 0.4) is 0 Å². The number of nitrogens with one attached hydrogen (secondary N) is 1. The smallest absolute Gasteiger partial charge is 0.234 e. The summed E-state index contributed by atoms with van der Waals surface area (Å²) in [6.45, 7) is 5.53. The Labute approximate surface area is 208 Å². The van der Waals surface area contributed by atoms with Crippen LogP contribution < -0.4 is 5.32 Å². The summed E-state index contributed by atoms with van der Waals surface area (Å²) in [4.78, 5) is 38.3. The second kappa shape index (κ2) is 9.37. The molecule has 1 N–H and O–H groups in total. The lowest BCUT2D eigenvalue weighted by molar-refractivity contribution is -0.123. The first-order valence-electron chi connectivity index (χ1n) is 13.4. The number of rotatable bonds is 3. The Hall–Kier alpha value is -2.75. The van der Waals surface area contributed by atoms with Gasteiger partial charge in [0, 0.05) is 22.2 Å². The van der Waals surface area contributed by atoms with Crippen LogP contribution in [0.2, 0.25) is 0 Å². The van der Waals surface area contributed by atoms with Gasteiger partial charge in [-0.25, -0.2) is 0 Å². The number of Topliss-reactive ketones (excluding diaryl/α,β-unsaturated/α-hetero) is 2. The number of benzene rings is 2. The van der Waals surface area contributed by atoms with Gasteiger partial charge in [-0.2, -0.15) is 0 Å². The molecule has 0 aromatic heterocycles. The Balaban J connectivity index is 1.38. The fourth-order valence-corrected chi connectivity index (χ4v) is 6.37. The van der Waals surface area contributed by atoms with Gasteiger partial charge < -0.3 is 5.32 Å². The number of carbonyl (C=O) groups is 3.